The molecule has 5 N–H and O–H groups in total. The van der Waals surface area contributed by atoms with E-state index in [2.05, 4.69) is 5.32 Å². The molecule has 1 aliphatic heterocycles. The van der Waals surface area contributed by atoms with Gasteiger partial charge >= 0.3 is 0 Å². The molecule has 8 heteroatoms. The van der Waals surface area contributed by atoms with E-state index in [1.54, 1.807) is 0 Å². The van der Waals surface area contributed by atoms with Gasteiger partial charge in [-0.1, -0.05) is 0 Å². The largest absolute Gasteiger partial charge is 0.394 e. The Morgan fingerprint density at radius 2 is 1.79 bits per heavy atom. The number of hydrogen-bond donors (Lipinski definition) is 5. The summed E-state index contributed by atoms with van der Waals surface area (Å²) in [4.78, 5) is 22.2. The molecule has 110 valence electrons. The van der Waals surface area contributed by atoms with Crippen molar-refractivity contribution in [3.05, 3.63) is 0 Å². The van der Waals surface area contributed by atoms with Crippen molar-refractivity contribution in [1.29, 1.82) is 0 Å². The van der Waals surface area contributed by atoms with Crippen molar-refractivity contribution >= 4 is 11.7 Å². The minimum absolute atomic E-state index is 0.0490. The van der Waals surface area contributed by atoms with Crippen molar-refractivity contribution in [2.75, 3.05) is 6.61 Å². The Balaban J connectivity index is 2.57. The average molecular weight is 277 g/mol. The molecular formula is C11H19NO7. The number of Topliss-reactive ketones (excluding diaryl/α,β-unsaturated/α-hetero) is 1. The molecule has 0 aliphatic carbocycles. The molecule has 0 aromatic heterocycles. The van der Waals surface area contributed by atoms with E-state index in [4.69, 9.17) is 9.84 Å². The van der Waals surface area contributed by atoms with Crippen LogP contribution in [-0.4, -0.2) is 69.4 Å². The van der Waals surface area contributed by atoms with Crippen LogP contribution in [0.5, 0.6) is 0 Å². The van der Waals surface area contributed by atoms with Crippen molar-refractivity contribution in [2.45, 2.75) is 50.4 Å². The number of aliphatic hydroxyl groups excluding tert-OH is 4. The SMILES string of the molecule is CC(=O)CCC(=O)N[C@H]1C(O)OC(CO)[C@@H](O)C1O. The topological polar surface area (TPSA) is 136 Å². The van der Waals surface area contributed by atoms with E-state index in [1.165, 1.54) is 6.92 Å². The number of carbonyl (C=O) groups excluding carboxylic acids is 2. The van der Waals surface area contributed by atoms with E-state index in [0.717, 1.165) is 0 Å². The maximum Gasteiger partial charge on any atom is 0.220 e. The minimum Gasteiger partial charge on any atom is -0.394 e. The summed E-state index contributed by atoms with van der Waals surface area (Å²) >= 11 is 0. The fraction of sp³-hybridized carbons (Fsp3) is 0.818. The van der Waals surface area contributed by atoms with Crippen molar-refractivity contribution < 1.29 is 34.8 Å². The van der Waals surface area contributed by atoms with Gasteiger partial charge in [-0.05, 0) is 6.92 Å². The Bertz CT molecular complexity index is 335. The number of amides is 1. The molecule has 0 bridgehead atoms. The third-order valence-electron chi connectivity index (χ3n) is 2.93. The van der Waals surface area contributed by atoms with Gasteiger partial charge in [0, 0.05) is 12.8 Å². The van der Waals surface area contributed by atoms with E-state index < -0.39 is 43.2 Å². The molecule has 1 rings (SSSR count). The highest BCUT2D eigenvalue weighted by atomic mass is 16.6. The minimum atomic E-state index is -1.54. The first-order valence-corrected chi connectivity index (χ1v) is 5.96. The number of rotatable bonds is 5. The lowest BCUT2D eigenvalue weighted by atomic mass is 9.97. The number of nitrogens with one attached hydrogen (secondary N) is 1. The van der Waals surface area contributed by atoms with Crippen LogP contribution in [0.15, 0.2) is 0 Å². The molecule has 5 atom stereocenters. The van der Waals surface area contributed by atoms with Crippen LogP contribution in [0.1, 0.15) is 19.8 Å². The number of ether oxygens (including phenoxy) is 1. The van der Waals surface area contributed by atoms with Gasteiger partial charge in [0.1, 0.15) is 30.1 Å². The lowest BCUT2D eigenvalue weighted by Crippen LogP contribution is -2.64. The van der Waals surface area contributed by atoms with Gasteiger partial charge in [-0.15, -0.1) is 0 Å². The van der Waals surface area contributed by atoms with E-state index in [-0.39, 0.29) is 18.6 Å². The monoisotopic (exact) mass is 277 g/mol. The van der Waals surface area contributed by atoms with Crippen molar-refractivity contribution in [2.24, 2.45) is 0 Å². The van der Waals surface area contributed by atoms with Crippen LogP contribution in [0.25, 0.3) is 0 Å². The smallest absolute Gasteiger partial charge is 0.220 e. The molecule has 1 fully saturated rings. The van der Waals surface area contributed by atoms with Crippen LogP contribution in [0.4, 0.5) is 0 Å². The molecule has 1 amide bonds. The number of carbonyl (C=O) groups is 2. The Kier molecular flexibility index (Phi) is 5.83. The number of hydrogen-bond acceptors (Lipinski definition) is 7. The summed E-state index contributed by atoms with van der Waals surface area (Å²) in [5, 5.41) is 40.1. The molecular weight excluding hydrogens is 258 g/mol. The zero-order valence-corrected chi connectivity index (χ0v) is 10.5. The van der Waals surface area contributed by atoms with Gasteiger partial charge in [-0.2, -0.15) is 0 Å². The molecule has 1 saturated heterocycles. The lowest BCUT2D eigenvalue weighted by Gasteiger charge is -2.40. The standard InChI is InChI=1S/C11H19NO7/c1-5(14)2-3-7(15)12-8-10(17)9(16)6(4-13)19-11(8)18/h6,8-11,13,16-18H,2-4H2,1H3,(H,12,15)/t6?,8-,9-,10?,11?/m1/s1. The summed E-state index contributed by atoms with van der Waals surface area (Å²) in [7, 11) is 0. The first kappa shape index (κ1) is 16.0. The highest BCUT2D eigenvalue weighted by Gasteiger charge is 2.44. The van der Waals surface area contributed by atoms with Crippen molar-refractivity contribution in [3.8, 4) is 0 Å². The molecule has 0 aromatic carbocycles. The highest BCUT2D eigenvalue weighted by Crippen LogP contribution is 2.19. The zero-order chi connectivity index (χ0) is 14.6. The number of ketones is 1. The molecule has 0 radical (unpaired) electrons. The van der Waals surface area contributed by atoms with Gasteiger partial charge in [0.2, 0.25) is 5.91 Å². The second-order valence-corrected chi connectivity index (χ2v) is 4.52. The molecule has 1 aliphatic rings. The Hall–Kier alpha value is -1.06. The van der Waals surface area contributed by atoms with Crippen molar-refractivity contribution in [3.63, 3.8) is 0 Å². The van der Waals surface area contributed by atoms with Crippen LogP contribution in [0.2, 0.25) is 0 Å². The quantitative estimate of drug-likeness (QED) is 0.368. The Labute approximate surface area is 110 Å². The second kappa shape index (κ2) is 6.92. The molecule has 0 aromatic rings. The molecule has 0 spiro atoms. The van der Waals surface area contributed by atoms with E-state index >= 15 is 0 Å². The summed E-state index contributed by atoms with van der Waals surface area (Å²) in [6, 6.07) is -1.21. The fourth-order valence-corrected chi connectivity index (χ4v) is 1.80. The normalized spacial score (nSPS) is 34.9. The summed E-state index contributed by atoms with van der Waals surface area (Å²) < 4.78 is 4.87. The predicted octanol–water partition coefficient (Wildman–Crippen LogP) is -2.73. The third-order valence-corrected chi connectivity index (χ3v) is 2.93. The maximum absolute atomic E-state index is 11.5. The summed E-state index contributed by atoms with van der Waals surface area (Å²) in [5.74, 6) is -0.701. The first-order valence-electron chi connectivity index (χ1n) is 5.96. The Morgan fingerprint density at radius 1 is 1.16 bits per heavy atom. The second-order valence-electron chi connectivity index (χ2n) is 4.52. The van der Waals surface area contributed by atoms with Gasteiger partial charge in [-0.3, -0.25) is 4.79 Å². The predicted molar refractivity (Wildman–Crippen MR) is 61.8 cm³/mol. The molecule has 0 saturated carbocycles. The fourth-order valence-electron chi connectivity index (χ4n) is 1.80. The van der Waals surface area contributed by atoms with Gasteiger partial charge in [-0.25, -0.2) is 0 Å². The van der Waals surface area contributed by atoms with Gasteiger partial charge in [0.15, 0.2) is 6.29 Å². The van der Waals surface area contributed by atoms with Gasteiger partial charge in [0.25, 0.3) is 0 Å². The van der Waals surface area contributed by atoms with Crippen LogP contribution < -0.4 is 5.32 Å². The molecule has 3 unspecified atom stereocenters. The lowest BCUT2D eigenvalue weighted by molar-refractivity contribution is -0.253. The van der Waals surface area contributed by atoms with E-state index in [1.807, 2.05) is 0 Å². The van der Waals surface area contributed by atoms with Crippen LogP contribution in [0.3, 0.4) is 0 Å². The summed E-state index contributed by atoms with van der Waals surface area (Å²) in [6.45, 7) is 0.774. The van der Waals surface area contributed by atoms with E-state index in [9.17, 15) is 24.9 Å². The maximum atomic E-state index is 11.5. The van der Waals surface area contributed by atoms with Crippen molar-refractivity contribution in [1.82, 2.24) is 5.32 Å². The Morgan fingerprint density at radius 3 is 2.32 bits per heavy atom. The number of aliphatic hydroxyl groups is 4. The highest BCUT2D eigenvalue weighted by molar-refractivity contribution is 5.83. The van der Waals surface area contributed by atoms with Crippen LogP contribution in [-0.2, 0) is 14.3 Å². The molecule has 1 heterocycles. The van der Waals surface area contributed by atoms with Gasteiger partial charge < -0.3 is 35.3 Å². The third kappa shape index (κ3) is 4.22. The zero-order valence-electron chi connectivity index (χ0n) is 10.5. The van der Waals surface area contributed by atoms with Gasteiger partial charge in [0.05, 0.1) is 6.61 Å². The first-order chi connectivity index (χ1) is 8.86. The van der Waals surface area contributed by atoms with Crippen LogP contribution in [0, 0.1) is 0 Å². The summed E-state index contributed by atoms with van der Waals surface area (Å²) in [6.07, 6.45) is -5.58. The van der Waals surface area contributed by atoms with Crippen LogP contribution >= 0.6 is 0 Å². The van der Waals surface area contributed by atoms with E-state index in [0.29, 0.717) is 0 Å². The molecule has 8 nitrogen and oxygen atoms in total. The average Bonchev–Trinajstić information content (AvgIpc) is 2.36. The molecule has 19 heavy (non-hydrogen) atoms. The summed E-state index contributed by atoms with van der Waals surface area (Å²) in [5.41, 5.74) is 0.